The van der Waals surface area contributed by atoms with Crippen LogP contribution in [0.25, 0.3) is 0 Å². The average molecular weight is 337 g/mol. The van der Waals surface area contributed by atoms with Gasteiger partial charge in [0.1, 0.15) is 0 Å². The molecule has 4 aliphatic carbocycles. The Bertz CT molecular complexity index is 554. The number of nitrogens with zero attached hydrogens (tertiary/aromatic N) is 1. The molecule has 0 aromatic heterocycles. The predicted molar refractivity (Wildman–Crippen MR) is 74.7 cm³/mol. The van der Waals surface area contributed by atoms with Crippen molar-refractivity contribution in [1.29, 1.82) is 0 Å². The molecule has 0 radical (unpaired) electrons. The third kappa shape index (κ3) is 2.54. The van der Waals surface area contributed by atoms with Crippen LogP contribution in [0.5, 0.6) is 0 Å². The van der Waals surface area contributed by atoms with Gasteiger partial charge in [-0.3, -0.25) is 9.35 Å². The van der Waals surface area contributed by atoms with Crippen molar-refractivity contribution in [1.82, 2.24) is 4.90 Å². The van der Waals surface area contributed by atoms with E-state index in [1.54, 1.807) is 0 Å². The van der Waals surface area contributed by atoms with E-state index in [9.17, 15) is 22.0 Å². The lowest BCUT2D eigenvalue weighted by atomic mass is 9.49. The molecule has 0 spiro atoms. The highest BCUT2D eigenvalue weighted by Crippen LogP contribution is 2.60. The summed E-state index contributed by atoms with van der Waals surface area (Å²) in [6.07, 6.45) is 6.35. The Morgan fingerprint density at radius 3 is 1.95 bits per heavy atom. The van der Waals surface area contributed by atoms with E-state index in [0.717, 1.165) is 24.2 Å². The molecule has 22 heavy (non-hydrogen) atoms. The summed E-state index contributed by atoms with van der Waals surface area (Å²) in [6, 6.07) is 0. The minimum Gasteiger partial charge on any atom is -0.339 e. The van der Waals surface area contributed by atoms with Gasteiger partial charge >= 0.3 is 21.3 Å². The number of hydrogen-bond acceptors (Lipinski definition) is 3. The van der Waals surface area contributed by atoms with Gasteiger partial charge in [-0.05, 0) is 61.7 Å². The molecule has 0 unspecified atom stereocenters. The Hall–Kier alpha value is -0.760. The zero-order valence-corrected chi connectivity index (χ0v) is 13.3. The van der Waals surface area contributed by atoms with Gasteiger partial charge in [-0.1, -0.05) is 0 Å². The number of amides is 1. The molecule has 4 fully saturated rings. The van der Waals surface area contributed by atoms with Gasteiger partial charge in [0.05, 0.1) is 0 Å². The van der Waals surface area contributed by atoms with Crippen LogP contribution in [-0.2, 0) is 14.9 Å². The van der Waals surface area contributed by atoms with Crippen molar-refractivity contribution in [2.24, 2.45) is 23.2 Å². The first-order chi connectivity index (χ1) is 10.0. The second-order valence-electron chi connectivity index (χ2n) is 7.57. The van der Waals surface area contributed by atoms with Gasteiger partial charge in [-0.2, -0.15) is 17.2 Å². The topological polar surface area (TPSA) is 74.7 Å². The largest absolute Gasteiger partial charge is 0.446 e. The summed E-state index contributed by atoms with van der Waals surface area (Å²) < 4.78 is 57.0. The van der Waals surface area contributed by atoms with Gasteiger partial charge in [-0.15, -0.1) is 0 Å². The van der Waals surface area contributed by atoms with E-state index in [0.29, 0.717) is 17.8 Å². The molecule has 4 saturated carbocycles. The van der Waals surface area contributed by atoms with Crippen LogP contribution >= 0.6 is 0 Å². The van der Waals surface area contributed by atoms with Crippen molar-refractivity contribution in [3.63, 3.8) is 0 Å². The molecule has 1 amide bonds. The molecule has 8 heteroatoms. The Morgan fingerprint density at radius 2 is 1.59 bits per heavy atom. The summed E-state index contributed by atoms with van der Waals surface area (Å²) in [5.41, 5.74) is -0.158. The molecule has 5 nitrogen and oxygen atoms in total. The molecule has 0 atom stereocenters. The molecule has 126 valence electrons. The molecule has 0 heterocycles. The molecule has 1 N–H and O–H groups in total. The zero-order valence-electron chi connectivity index (χ0n) is 12.5. The van der Waals surface area contributed by atoms with Gasteiger partial charge < -0.3 is 4.90 Å². The summed E-state index contributed by atoms with van der Waals surface area (Å²) in [6.45, 7) is 0.139. The number of hydrogen-bond donors (Lipinski definition) is 1. The fourth-order valence-corrected chi connectivity index (χ4v) is 5.77. The lowest BCUT2D eigenvalue weighted by Crippen LogP contribution is -2.54. The van der Waals surface area contributed by atoms with Crippen LogP contribution in [0.15, 0.2) is 0 Å². The quantitative estimate of drug-likeness (QED) is 0.798. The average Bonchev–Trinajstić information content (AvgIpc) is 2.33. The van der Waals surface area contributed by atoms with Crippen molar-refractivity contribution in [3.05, 3.63) is 0 Å². The van der Waals surface area contributed by atoms with E-state index in [-0.39, 0.29) is 12.0 Å². The van der Waals surface area contributed by atoms with E-state index >= 15 is 0 Å². The summed E-state index contributed by atoms with van der Waals surface area (Å²) in [5.74, 6) is -0.0174. The van der Waals surface area contributed by atoms with Crippen molar-refractivity contribution < 1.29 is 26.5 Å². The molecular weight excluding hydrogens is 316 g/mol. The fourth-order valence-electron chi connectivity index (χ4n) is 5.39. The SMILES string of the molecule is CN(CC12CC3CC(CC(C3)C1)C2)C(=O)C(F)(F)S(=O)(=O)O. The van der Waals surface area contributed by atoms with Gasteiger partial charge in [-0.25, -0.2) is 0 Å². The van der Waals surface area contributed by atoms with Crippen LogP contribution in [-0.4, -0.2) is 42.6 Å². The summed E-state index contributed by atoms with van der Waals surface area (Å²) >= 11 is 0. The molecule has 0 aromatic rings. The maximum Gasteiger partial charge on any atom is 0.446 e. The van der Waals surface area contributed by atoms with Gasteiger partial charge in [0, 0.05) is 13.6 Å². The Balaban J connectivity index is 1.75. The van der Waals surface area contributed by atoms with E-state index < -0.39 is 21.3 Å². The third-order valence-electron chi connectivity index (χ3n) is 5.66. The number of alkyl halides is 2. The fraction of sp³-hybridized carbons (Fsp3) is 0.929. The van der Waals surface area contributed by atoms with Crippen LogP contribution in [0.3, 0.4) is 0 Å². The first-order valence-corrected chi connectivity index (χ1v) is 9.07. The second kappa shape index (κ2) is 4.87. The normalized spacial score (nSPS) is 37.4. The molecular formula is C14H21F2NO4S. The first kappa shape index (κ1) is 16.1. The predicted octanol–water partition coefficient (Wildman–Crippen LogP) is 2.14. The van der Waals surface area contributed by atoms with Crippen molar-refractivity contribution >= 4 is 16.0 Å². The molecule has 4 bridgehead atoms. The number of carbonyl (C=O) groups is 1. The summed E-state index contributed by atoms with van der Waals surface area (Å²) in [5, 5.41) is -4.77. The van der Waals surface area contributed by atoms with E-state index in [2.05, 4.69) is 0 Å². The number of rotatable bonds is 4. The van der Waals surface area contributed by atoms with Crippen LogP contribution in [0, 0.1) is 23.2 Å². The lowest BCUT2D eigenvalue weighted by Gasteiger charge is -2.57. The smallest absolute Gasteiger partial charge is 0.339 e. The highest BCUT2D eigenvalue weighted by atomic mass is 32.2. The number of halogens is 2. The maximum atomic E-state index is 13.5. The lowest BCUT2D eigenvalue weighted by molar-refractivity contribution is -0.151. The molecule has 0 aliphatic heterocycles. The van der Waals surface area contributed by atoms with Crippen LogP contribution in [0.1, 0.15) is 38.5 Å². The summed E-state index contributed by atoms with van der Waals surface area (Å²) in [4.78, 5) is 12.6. The van der Waals surface area contributed by atoms with E-state index in [4.69, 9.17) is 4.55 Å². The first-order valence-electron chi connectivity index (χ1n) is 7.63. The maximum absolute atomic E-state index is 13.5. The van der Waals surface area contributed by atoms with Crippen LogP contribution in [0.2, 0.25) is 0 Å². The Morgan fingerprint density at radius 1 is 1.18 bits per heavy atom. The molecule has 4 rings (SSSR count). The van der Waals surface area contributed by atoms with E-state index in [1.165, 1.54) is 26.3 Å². The zero-order chi connectivity index (χ0) is 16.3. The number of carbonyl (C=O) groups excluding carboxylic acids is 1. The van der Waals surface area contributed by atoms with Crippen LogP contribution < -0.4 is 0 Å². The van der Waals surface area contributed by atoms with Gasteiger partial charge in [0.2, 0.25) is 0 Å². The molecule has 0 saturated heterocycles. The van der Waals surface area contributed by atoms with E-state index in [1.807, 2.05) is 0 Å². The highest BCUT2D eigenvalue weighted by Gasteiger charge is 2.56. The second-order valence-corrected chi connectivity index (χ2v) is 9.03. The minimum atomic E-state index is -5.74. The van der Waals surface area contributed by atoms with Crippen molar-refractivity contribution in [2.75, 3.05) is 13.6 Å². The third-order valence-corrected chi connectivity index (χ3v) is 6.48. The standard InChI is InChI=1S/C14H21F2NO4S/c1-17(12(18)14(15,16)22(19,20)21)8-13-5-9-2-10(6-13)4-11(3-9)7-13/h9-11H,2-8H2,1H3,(H,19,20,21). The van der Waals surface area contributed by atoms with Gasteiger partial charge in [0.25, 0.3) is 0 Å². The molecule has 4 aliphatic rings. The summed E-state index contributed by atoms with van der Waals surface area (Å²) in [7, 11) is -4.54. The van der Waals surface area contributed by atoms with Gasteiger partial charge in [0.15, 0.2) is 0 Å². The monoisotopic (exact) mass is 337 g/mol. The highest BCUT2D eigenvalue weighted by molar-refractivity contribution is 7.87. The van der Waals surface area contributed by atoms with Crippen molar-refractivity contribution in [3.8, 4) is 0 Å². The Labute approximate surface area is 128 Å². The van der Waals surface area contributed by atoms with Crippen LogP contribution in [0.4, 0.5) is 8.78 Å². The van der Waals surface area contributed by atoms with Crippen molar-refractivity contribution in [2.45, 2.75) is 43.8 Å². The Kier molecular flexibility index (Phi) is 3.56. The molecule has 0 aromatic carbocycles. The minimum absolute atomic E-state index is 0.139.